The summed E-state index contributed by atoms with van der Waals surface area (Å²) in [4.78, 5) is 31.9. The van der Waals surface area contributed by atoms with Gasteiger partial charge in [0.1, 0.15) is 12.4 Å². The summed E-state index contributed by atoms with van der Waals surface area (Å²) in [6.45, 7) is 6.32. The Kier molecular flexibility index (Phi) is 5.56. The molecular weight excluding hydrogens is 388 g/mol. The third kappa shape index (κ3) is 4.28. The molecule has 0 spiro atoms. The minimum Gasteiger partial charge on any atom is -0.347 e. The van der Waals surface area contributed by atoms with Crippen LogP contribution in [0.3, 0.4) is 0 Å². The molecule has 0 saturated carbocycles. The van der Waals surface area contributed by atoms with Gasteiger partial charge in [0.05, 0.1) is 31.9 Å². The molecule has 2 N–H and O–H groups in total. The number of aromatic nitrogens is 2. The van der Waals surface area contributed by atoms with Gasteiger partial charge in [0.15, 0.2) is 0 Å². The normalized spacial score (nSPS) is 14.9. The first-order chi connectivity index (χ1) is 14.0. The first-order valence-corrected chi connectivity index (χ1v) is 10.1. The highest BCUT2D eigenvalue weighted by Crippen LogP contribution is 2.17. The second kappa shape index (κ2) is 8.27. The van der Waals surface area contributed by atoms with Crippen molar-refractivity contribution in [1.82, 2.24) is 9.55 Å². The average Bonchev–Trinajstić information content (AvgIpc) is 2.71. The second-order valence-corrected chi connectivity index (χ2v) is 7.90. The zero-order valence-electron chi connectivity index (χ0n) is 16.3. The van der Waals surface area contributed by atoms with Crippen LogP contribution < -0.4 is 21.0 Å². The molecule has 0 atom stereocenters. The molecule has 1 saturated heterocycles. The summed E-state index contributed by atoms with van der Waals surface area (Å²) >= 11 is 6.06. The highest BCUT2D eigenvalue weighted by atomic mass is 35.5. The van der Waals surface area contributed by atoms with Crippen LogP contribution in [0.4, 0.5) is 5.82 Å². The van der Waals surface area contributed by atoms with E-state index in [4.69, 9.17) is 11.6 Å². The maximum Gasteiger partial charge on any atom is 0.334 e. The van der Waals surface area contributed by atoms with Crippen LogP contribution in [0.25, 0.3) is 5.69 Å². The number of quaternary nitrogens is 1. The molecular formula is C22H24ClN4O2+. The van der Waals surface area contributed by atoms with Gasteiger partial charge in [-0.2, -0.15) is 0 Å². The lowest BCUT2D eigenvalue weighted by molar-refractivity contribution is -0.914. The molecule has 0 aliphatic carbocycles. The van der Waals surface area contributed by atoms with E-state index >= 15 is 0 Å². The van der Waals surface area contributed by atoms with Crippen molar-refractivity contribution in [2.75, 3.05) is 31.1 Å². The summed E-state index contributed by atoms with van der Waals surface area (Å²) in [5, 5.41) is 0.485. The van der Waals surface area contributed by atoms with E-state index in [0.29, 0.717) is 16.5 Å². The summed E-state index contributed by atoms with van der Waals surface area (Å²) in [7, 11) is 0. The highest BCUT2D eigenvalue weighted by molar-refractivity contribution is 6.30. The number of H-pyrrole nitrogens is 1. The number of rotatable bonds is 4. The van der Waals surface area contributed by atoms with Crippen LogP contribution in [0, 0.1) is 6.92 Å². The van der Waals surface area contributed by atoms with Crippen LogP contribution in [-0.2, 0) is 6.54 Å². The van der Waals surface area contributed by atoms with E-state index in [-0.39, 0.29) is 5.56 Å². The Morgan fingerprint density at radius 3 is 2.45 bits per heavy atom. The average molecular weight is 412 g/mol. The smallest absolute Gasteiger partial charge is 0.334 e. The number of piperazine rings is 1. The summed E-state index contributed by atoms with van der Waals surface area (Å²) in [5.41, 5.74) is 1.84. The molecule has 2 aromatic carbocycles. The lowest BCUT2D eigenvalue weighted by Gasteiger charge is -2.33. The first-order valence-electron chi connectivity index (χ1n) is 9.76. The molecule has 0 radical (unpaired) electrons. The number of halogens is 1. The molecule has 3 aromatic rings. The summed E-state index contributed by atoms with van der Waals surface area (Å²) in [5.74, 6) is 0.578. The molecule has 6 nitrogen and oxygen atoms in total. The molecule has 29 heavy (non-hydrogen) atoms. The molecule has 1 aliphatic heterocycles. The fourth-order valence-corrected chi connectivity index (χ4v) is 4.00. The van der Waals surface area contributed by atoms with Gasteiger partial charge in [0.25, 0.3) is 5.56 Å². The lowest BCUT2D eigenvalue weighted by atomic mass is 10.2. The molecule has 4 rings (SSSR count). The minimum atomic E-state index is -0.447. The van der Waals surface area contributed by atoms with Crippen molar-refractivity contribution in [2.24, 2.45) is 0 Å². The number of nitrogens with zero attached hydrogens (tertiary/aromatic N) is 2. The van der Waals surface area contributed by atoms with Crippen molar-refractivity contribution in [2.45, 2.75) is 13.5 Å². The van der Waals surface area contributed by atoms with E-state index in [1.165, 1.54) is 16.5 Å². The third-order valence-corrected chi connectivity index (χ3v) is 5.67. The van der Waals surface area contributed by atoms with E-state index in [9.17, 15) is 9.59 Å². The third-order valence-electron chi connectivity index (χ3n) is 5.44. The van der Waals surface area contributed by atoms with Crippen molar-refractivity contribution in [1.29, 1.82) is 0 Å². The van der Waals surface area contributed by atoms with Crippen LogP contribution in [0.5, 0.6) is 0 Å². The minimum absolute atomic E-state index is 0.354. The number of anilines is 1. The Morgan fingerprint density at radius 1 is 1.03 bits per heavy atom. The summed E-state index contributed by atoms with van der Waals surface area (Å²) in [6.07, 6.45) is 0. The van der Waals surface area contributed by atoms with Gasteiger partial charge in [-0.25, -0.2) is 9.36 Å². The molecule has 150 valence electrons. The van der Waals surface area contributed by atoms with Gasteiger partial charge in [-0.05, 0) is 24.6 Å². The molecule has 1 fully saturated rings. The molecule has 2 heterocycles. The van der Waals surface area contributed by atoms with Crippen molar-refractivity contribution < 1.29 is 4.90 Å². The molecule has 1 aliphatic rings. The Balaban J connectivity index is 1.51. The molecule has 7 heteroatoms. The largest absolute Gasteiger partial charge is 0.347 e. The van der Waals surface area contributed by atoms with E-state index in [2.05, 4.69) is 34.1 Å². The fraction of sp³-hybridized carbons (Fsp3) is 0.273. The zero-order chi connectivity index (χ0) is 20.4. The van der Waals surface area contributed by atoms with Crippen molar-refractivity contribution >= 4 is 17.4 Å². The number of aromatic amines is 1. The Bertz CT molecular complexity index is 1080. The highest BCUT2D eigenvalue weighted by Gasteiger charge is 2.22. The Hall–Kier alpha value is -2.83. The zero-order valence-corrected chi connectivity index (χ0v) is 17.1. The number of benzene rings is 2. The summed E-state index contributed by atoms with van der Waals surface area (Å²) in [6, 6.07) is 17.1. The number of hydrogen-bond acceptors (Lipinski definition) is 3. The van der Waals surface area contributed by atoms with Gasteiger partial charge >= 0.3 is 5.69 Å². The molecule has 0 unspecified atom stereocenters. The van der Waals surface area contributed by atoms with Crippen molar-refractivity contribution in [3.63, 3.8) is 0 Å². The van der Waals surface area contributed by atoms with Gasteiger partial charge in [-0.15, -0.1) is 0 Å². The van der Waals surface area contributed by atoms with Crippen LogP contribution in [0.15, 0.2) is 64.2 Å². The van der Waals surface area contributed by atoms with Gasteiger partial charge in [0.2, 0.25) is 0 Å². The maximum absolute atomic E-state index is 12.7. The van der Waals surface area contributed by atoms with Gasteiger partial charge < -0.3 is 9.80 Å². The van der Waals surface area contributed by atoms with E-state index in [1.54, 1.807) is 18.2 Å². The second-order valence-electron chi connectivity index (χ2n) is 7.46. The first kappa shape index (κ1) is 19.5. The SMILES string of the molecule is Cc1ccc(Cl)cc1-n1c(=O)cc(N2CC[NH+](Cc3ccccc3)CC2)[nH]c1=O. The Labute approximate surface area is 174 Å². The topological polar surface area (TPSA) is 62.5 Å². The quantitative estimate of drug-likeness (QED) is 0.682. The fourth-order valence-electron chi connectivity index (χ4n) is 3.83. The molecule has 1 aromatic heterocycles. The van der Waals surface area contributed by atoms with E-state index in [0.717, 1.165) is 42.9 Å². The molecule has 0 amide bonds. The predicted octanol–water partition coefficient (Wildman–Crippen LogP) is 1.39. The van der Waals surface area contributed by atoms with Gasteiger partial charge in [0, 0.05) is 16.7 Å². The number of aryl methyl sites for hydroxylation is 1. The van der Waals surface area contributed by atoms with E-state index in [1.807, 2.05) is 13.0 Å². The lowest BCUT2D eigenvalue weighted by Crippen LogP contribution is -3.13. The number of hydrogen-bond donors (Lipinski definition) is 2. The van der Waals surface area contributed by atoms with Gasteiger partial charge in [-0.1, -0.05) is 48.0 Å². The maximum atomic E-state index is 12.7. The molecule has 0 bridgehead atoms. The standard InChI is InChI=1S/C22H23ClN4O2/c1-16-7-8-18(23)13-19(16)27-21(28)14-20(24-22(27)29)26-11-9-25(10-12-26)15-17-5-3-2-4-6-17/h2-8,13-14H,9-12,15H2,1H3,(H,24,29)/p+1. The number of nitrogens with one attached hydrogen (secondary N) is 2. The van der Waals surface area contributed by atoms with E-state index < -0.39 is 5.69 Å². The monoisotopic (exact) mass is 411 g/mol. The van der Waals surface area contributed by atoms with Crippen LogP contribution >= 0.6 is 11.6 Å². The summed E-state index contributed by atoms with van der Waals surface area (Å²) < 4.78 is 1.14. The van der Waals surface area contributed by atoms with Gasteiger partial charge in [-0.3, -0.25) is 9.78 Å². The van der Waals surface area contributed by atoms with Crippen LogP contribution in [0.1, 0.15) is 11.1 Å². The van der Waals surface area contributed by atoms with Crippen LogP contribution in [0.2, 0.25) is 5.02 Å². The van der Waals surface area contributed by atoms with Crippen molar-refractivity contribution in [3.05, 3.63) is 91.6 Å². The Morgan fingerprint density at radius 2 is 1.76 bits per heavy atom. The predicted molar refractivity (Wildman–Crippen MR) is 115 cm³/mol. The van der Waals surface area contributed by atoms with Crippen molar-refractivity contribution in [3.8, 4) is 5.69 Å². The van der Waals surface area contributed by atoms with Crippen LogP contribution in [-0.4, -0.2) is 35.7 Å².